The van der Waals surface area contributed by atoms with Gasteiger partial charge in [0, 0.05) is 30.3 Å². The van der Waals surface area contributed by atoms with Gasteiger partial charge in [0.05, 0.1) is 12.0 Å². The van der Waals surface area contributed by atoms with E-state index in [-0.39, 0.29) is 76.6 Å². The number of rotatable bonds is 7. The zero-order chi connectivity index (χ0) is 39.1. The third kappa shape index (κ3) is 6.51. The Morgan fingerprint density at radius 1 is 0.887 bits per heavy atom. The van der Waals surface area contributed by atoms with Gasteiger partial charge in [-0.2, -0.15) is 0 Å². The van der Waals surface area contributed by atoms with Gasteiger partial charge in [-0.15, -0.1) is 0 Å². The molecule has 1 aromatic rings. The molecule has 4 fully saturated rings. The van der Waals surface area contributed by atoms with E-state index in [4.69, 9.17) is 21.1 Å². The van der Waals surface area contributed by atoms with Crippen LogP contribution >= 0.6 is 11.6 Å². The fourth-order valence-corrected chi connectivity index (χ4v) is 13.1. The van der Waals surface area contributed by atoms with E-state index in [0.717, 1.165) is 61.7 Å². The molecule has 1 unspecified atom stereocenters. The van der Waals surface area contributed by atoms with Gasteiger partial charge in [-0.3, -0.25) is 19.3 Å². The van der Waals surface area contributed by atoms with Crippen molar-refractivity contribution in [2.75, 3.05) is 6.54 Å². The van der Waals surface area contributed by atoms with Crippen LogP contribution < -0.4 is 0 Å². The van der Waals surface area contributed by atoms with Crippen molar-refractivity contribution in [2.45, 2.75) is 152 Å². The highest BCUT2D eigenvalue weighted by Crippen LogP contribution is 2.76. The lowest BCUT2D eigenvalue weighted by atomic mass is 9.33. The van der Waals surface area contributed by atoms with Gasteiger partial charge >= 0.3 is 12.1 Å². The molecular weight excluding hydrogens is 686 g/mol. The number of allylic oxidation sites excluding steroid dienone is 2. The van der Waals surface area contributed by atoms with Crippen LogP contribution in [-0.2, 0) is 30.4 Å². The molecule has 5 aliphatic carbocycles. The number of hydrogen-bond donors (Lipinski definition) is 0. The molecule has 0 N–H and O–H groups in total. The van der Waals surface area contributed by atoms with Crippen molar-refractivity contribution in [3.63, 3.8) is 0 Å². The second-order valence-corrected chi connectivity index (χ2v) is 20.6. The average Bonchev–Trinajstić information content (AvgIpc) is 3.36. The van der Waals surface area contributed by atoms with Crippen LogP contribution in [0.1, 0.15) is 140 Å². The molecule has 0 saturated heterocycles. The van der Waals surface area contributed by atoms with Crippen molar-refractivity contribution in [2.24, 2.45) is 50.7 Å². The number of halogens is 1. The Morgan fingerprint density at radius 2 is 1.55 bits per heavy atom. The van der Waals surface area contributed by atoms with E-state index in [1.165, 1.54) is 11.8 Å². The van der Waals surface area contributed by atoms with Crippen LogP contribution in [0.25, 0.3) is 0 Å². The molecule has 0 heterocycles. The SMILES string of the molecule is CC(=O)O[C@H]1CC[C@@]2(C)C(CC[C@]3(C)[C@@H]2CC[C@@H]2C4=C(C(C)C)C(=O)C[C@]4(C(=O)CN(Cc4ccc(Cl)cc4)C(=O)OC(C)(C)C)CC[C@]23C)C1(C)C. The van der Waals surface area contributed by atoms with E-state index in [1.807, 2.05) is 32.9 Å². The molecule has 1 aromatic carbocycles. The van der Waals surface area contributed by atoms with Gasteiger partial charge < -0.3 is 9.47 Å². The Labute approximate surface area is 323 Å². The molecule has 0 aliphatic heterocycles. The maximum Gasteiger partial charge on any atom is 0.410 e. The van der Waals surface area contributed by atoms with Crippen LogP contribution in [0.4, 0.5) is 4.79 Å². The maximum atomic E-state index is 15.1. The van der Waals surface area contributed by atoms with Crippen molar-refractivity contribution in [3.8, 4) is 0 Å². The zero-order valence-corrected chi connectivity index (χ0v) is 35.0. The summed E-state index contributed by atoms with van der Waals surface area (Å²) >= 11 is 6.18. The lowest BCUT2D eigenvalue weighted by Gasteiger charge is -2.72. The minimum Gasteiger partial charge on any atom is -0.462 e. The van der Waals surface area contributed by atoms with Gasteiger partial charge in [0.25, 0.3) is 0 Å². The van der Waals surface area contributed by atoms with E-state index in [9.17, 15) is 14.4 Å². The number of benzene rings is 1. The summed E-state index contributed by atoms with van der Waals surface area (Å²) in [4.78, 5) is 56.7. The van der Waals surface area contributed by atoms with E-state index in [0.29, 0.717) is 23.3 Å². The number of fused-ring (bicyclic) bond motifs is 7. The topological polar surface area (TPSA) is 90.0 Å². The number of ether oxygens (including phenoxy) is 2. The van der Waals surface area contributed by atoms with E-state index in [2.05, 4.69) is 48.5 Å². The van der Waals surface area contributed by atoms with Crippen LogP contribution in [0, 0.1) is 50.7 Å². The Morgan fingerprint density at radius 3 is 2.15 bits per heavy atom. The van der Waals surface area contributed by atoms with Crippen molar-refractivity contribution in [3.05, 3.63) is 46.0 Å². The molecule has 0 radical (unpaired) electrons. The normalized spacial score (nSPS) is 36.2. The highest BCUT2D eigenvalue weighted by molar-refractivity contribution is 6.30. The summed E-state index contributed by atoms with van der Waals surface area (Å²) in [6.45, 7) is 23.5. The largest absolute Gasteiger partial charge is 0.462 e. The average molecular weight is 750 g/mol. The number of esters is 1. The van der Waals surface area contributed by atoms with Crippen LogP contribution in [-0.4, -0.2) is 46.8 Å². The zero-order valence-electron chi connectivity index (χ0n) is 34.2. The molecule has 0 bridgehead atoms. The number of amides is 1. The summed E-state index contributed by atoms with van der Waals surface area (Å²) in [6, 6.07) is 7.31. The summed E-state index contributed by atoms with van der Waals surface area (Å²) in [5.41, 5.74) is 1.04. The summed E-state index contributed by atoms with van der Waals surface area (Å²) in [5, 5.41) is 0.600. The van der Waals surface area contributed by atoms with E-state index in [1.54, 1.807) is 12.1 Å². The monoisotopic (exact) mass is 749 g/mol. The Bertz CT molecular complexity index is 1690. The molecule has 0 aromatic heterocycles. The number of nitrogens with zero attached hydrogens (tertiary/aromatic N) is 1. The lowest BCUT2D eigenvalue weighted by molar-refractivity contribution is -0.232. The molecule has 0 spiro atoms. The molecule has 8 heteroatoms. The van der Waals surface area contributed by atoms with Crippen LogP contribution in [0.3, 0.4) is 0 Å². The van der Waals surface area contributed by atoms with E-state index >= 15 is 4.79 Å². The Hall–Kier alpha value is -2.67. The molecule has 1 amide bonds. The summed E-state index contributed by atoms with van der Waals surface area (Å²) in [6.07, 6.45) is 7.12. The van der Waals surface area contributed by atoms with Crippen molar-refractivity contribution in [1.82, 2.24) is 4.90 Å². The summed E-state index contributed by atoms with van der Waals surface area (Å²) in [7, 11) is 0. The molecule has 292 valence electrons. The molecule has 53 heavy (non-hydrogen) atoms. The van der Waals surface area contributed by atoms with Gasteiger partial charge in [-0.05, 0) is 141 Å². The van der Waals surface area contributed by atoms with Gasteiger partial charge in [-0.1, -0.05) is 72.2 Å². The fourth-order valence-electron chi connectivity index (χ4n) is 13.0. The van der Waals surface area contributed by atoms with Gasteiger partial charge in [0.15, 0.2) is 11.6 Å². The van der Waals surface area contributed by atoms with Gasteiger partial charge in [-0.25, -0.2) is 4.79 Å². The highest BCUT2D eigenvalue weighted by Gasteiger charge is 2.71. The molecule has 7 nitrogen and oxygen atoms in total. The number of hydrogen-bond acceptors (Lipinski definition) is 6. The van der Waals surface area contributed by atoms with Gasteiger partial charge in [0.1, 0.15) is 11.7 Å². The van der Waals surface area contributed by atoms with Crippen molar-refractivity contribution < 1.29 is 28.7 Å². The first-order valence-corrected chi connectivity index (χ1v) is 20.6. The number of carbonyl (C=O) groups excluding carboxylic acids is 4. The second-order valence-electron chi connectivity index (χ2n) is 20.1. The number of carbonyl (C=O) groups is 4. The molecule has 6 rings (SSSR count). The van der Waals surface area contributed by atoms with Crippen molar-refractivity contribution >= 4 is 35.2 Å². The molecular formula is C45H64ClNO6. The molecule has 4 saturated carbocycles. The first-order valence-electron chi connectivity index (χ1n) is 20.2. The quantitative estimate of drug-likeness (QED) is 0.258. The summed E-state index contributed by atoms with van der Waals surface area (Å²) in [5.74, 6) is 0.893. The third-order valence-electron chi connectivity index (χ3n) is 15.5. The highest BCUT2D eigenvalue weighted by atomic mass is 35.5. The first-order chi connectivity index (χ1) is 24.5. The molecule has 5 aliphatic rings. The Kier molecular flexibility index (Phi) is 10.2. The minimum absolute atomic E-state index is 0.00156. The molecule has 8 atom stereocenters. The van der Waals surface area contributed by atoms with Crippen LogP contribution in [0.2, 0.25) is 5.02 Å². The first kappa shape index (κ1) is 40.0. The summed E-state index contributed by atoms with van der Waals surface area (Å²) < 4.78 is 11.8. The van der Waals surface area contributed by atoms with Crippen molar-refractivity contribution in [1.29, 1.82) is 0 Å². The van der Waals surface area contributed by atoms with Gasteiger partial charge in [0.2, 0.25) is 0 Å². The number of ketones is 2. The van der Waals surface area contributed by atoms with E-state index < -0.39 is 17.1 Å². The van der Waals surface area contributed by atoms with Crippen LogP contribution in [0.5, 0.6) is 0 Å². The fraction of sp³-hybridized carbons (Fsp3) is 0.733. The standard InChI is InChI=1S/C45H64ClNO6/c1-27(2)37-32(49)24-45(35(50)26-47(39(51)53-40(4,5)6)25-29-12-14-30(46)15-13-29)23-22-43(10)31(38(37)45)16-17-34-42(9)20-19-36(52-28(3)48)41(7,8)33(42)18-21-44(34,43)11/h12-15,27,31,33-34,36H,16-26H2,1-11H3/t31-,33?,34-,36+,42+,43-,44-,45+/m1/s1. The second kappa shape index (κ2) is 13.5. The predicted octanol–water partition coefficient (Wildman–Crippen LogP) is 10.6. The third-order valence-corrected chi connectivity index (χ3v) is 15.7. The maximum absolute atomic E-state index is 15.1. The Balaban J connectivity index is 1.36. The predicted molar refractivity (Wildman–Crippen MR) is 208 cm³/mol. The smallest absolute Gasteiger partial charge is 0.410 e. The number of Topliss-reactive ketones (excluding diaryl/α,β-unsaturated/α-hetero) is 2. The minimum atomic E-state index is -0.921. The van der Waals surface area contributed by atoms with Crippen LogP contribution in [0.15, 0.2) is 35.4 Å². The lowest BCUT2D eigenvalue weighted by Crippen LogP contribution is -2.66.